The maximum Gasteiger partial charge on any atom is 0.128 e. The molecule has 1 saturated heterocycles. The van der Waals surface area contributed by atoms with E-state index in [-0.39, 0.29) is 0 Å². The van der Waals surface area contributed by atoms with Crippen LogP contribution in [-0.2, 0) is 11.3 Å². The standard InChI is InChI=1S/C15H25N3O/c1-12(2)17-10-13-6-7-16-15(9-13)18(3)11-14-5-4-8-19-14/h6-7,9,12,14,17H,4-5,8,10-11H2,1-3H3. The predicted octanol–water partition coefficient (Wildman–Crippen LogP) is 2.19. The first kappa shape index (κ1) is 14.3. The van der Waals surface area contributed by atoms with E-state index in [0.29, 0.717) is 12.1 Å². The van der Waals surface area contributed by atoms with Crippen LogP contribution in [0, 0.1) is 0 Å². The molecule has 19 heavy (non-hydrogen) atoms. The molecule has 0 saturated carbocycles. The Morgan fingerprint density at radius 3 is 3.05 bits per heavy atom. The van der Waals surface area contributed by atoms with E-state index in [4.69, 9.17) is 4.74 Å². The highest BCUT2D eigenvalue weighted by atomic mass is 16.5. The topological polar surface area (TPSA) is 37.4 Å². The molecule has 0 bridgehead atoms. The molecule has 4 nitrogen and oxygen atoms in total. The van der Waals surface area contributed by atoms with Gasteiger partial charge in [-0.25, -0.2) is 4.98 Å². The zero-order valence-electron chi connectivity index (χ0n) is 12.2. The highest BCUT2D eigenvalue weighted by Crippen LogP contribution is 2.17. The lowest BCUT2D eigenvalue weighted by atomic mass is 10.2. The van der Waals surface area contributed by atoms with Gasteiger partial charge in [0.1, 0.15) is 5.82 Å². The van der Waals surface area contributed by atoms with Crippen LogP contribution in [0.25, 0.3) is 0 Å². The molecule has 1 aliphatic heterocycles. The van der Waals surface area contributed by atoms with E-state index in [9.17, 15) is 0 Å². The largest absolute Gasteiger partial charge is 0.376 e. The Balaban J connectivity index is 1.92. The van der Waals surface area contributed by atoms with Crippen molar-refractivity contribution in [3.8, 4) is 0 Å². The molecule has 0 amide bonds. The normalized spacial score (nSPS) is 19.1. The van der Waals surface area contributed by atoms with Crippen LogP contribution in [0.5, 0.6) is 0 Å². The van der Waals surface area contributed by atoms with Crippen molar-refractivity contribution >= 4 is 5.82 Å². The second-order valence-electron chi connectivity index (χ2n) is 5.57. The average molecular weight is 263 g/mol. The minimum atomic E-state index is 0.365. The predicted molar refractivity (Wildman–Crippen MR) is 78.5 cm³/mol. The monoisotopic (exact) mass is 263 g/mol. The van der Waals surface area contributed by atoms with Crippen LogP contribution in [0.1, 0.15) is 32.3 Å². The number of hydrogen-bond acceptors (Lipinski definition) is 4. The molecule has 2 rings (SSSR count). The lowest BCUT2D eigenvalue weighted by Gasteiger charge is -2.22. The van der Waals surface area contributed by atoms with Crippen molar-refractivity contribution in [2.75, 3.05) is 25.1 Å². The van der Waals surface area contributed by atoms with Gasteiger partial charge in [-0.05, 0) is 30.5 Å². The molecule has 1 unspecified atom stereocenters. The number of nitrogens with one attached hydrogen (secondary N) is 1. The Morgan fingerprint density at radius 1 is 1.53 bits per heavy atom. The van der Waals surface area contributed by atoms with Gasteiger partial charge < -0.3 is 15.0 Å². The van der Waals surface area contributed by atoms with Gasteiger partial charge in [0.15, 0.2) is 0 Å². The zero-order valence-corrected chi connectivity index (χ0v) is 12.2. The van der Waals surface area contributed by atoms with Crippen molar-refractivity contribution in [3.63, 3.8) is 0 Å². The highest BCUT2D eigenvalue weighted by molar-refractivity contribution is 5.40. The molecule has 0 spiro atoms. The maximum atomic E-state index is 5.67. The summed E-state index contributed by atoms with van der Waals surface area (Å²) in [6, 6.07) is 4.73. The lowest BCUT2D eigenvalue weighted by molar-refractivity contribution is 0.116. The zero-order chi connectivity index (χ0) is 13.7. The van der Waals surface area contributed by atoms with Gasteiger partial charge in [0.25, 0.3) is 0 Å². The van der Waals surface area contributed by atoms with Crippen molar-refractivity contribution in [1.29, 1.82) is 0 Å². The fourth-order valence-electron chi connectivity index (χ4n) is 2.29. The van der Waals surface area contributed by atoms with Crippen LogP contribution in [-0.4, -0.2) is 37.3 Å². The summed E-state index contributed by atoms with van der Waals surface area (Å²) in [6.45, 7) is 7.04. The fraction of sp³-hybridized carbons (Fsp3) is 0.667. The van der Waals surface area contributed by atoms with Crippen molar-refractivity contribution in [1.82, 2.24) is 10.3 Å². The van der Waals surface area contributed by atoms with Crippen LogP contribution >= 0.6 is 0 Å². The summed E-state index contributed by atoms with van der Waals surface area (Å²) in [4.78, 5) is 6.64. The van der Waals surface area contributed by atoms with E-state index in [0.717, 1.165) is 25.5 Å². The van der Waals surface area contributed by atoms with Crippen LogP contribution < -0.4 is 10.2 Å². The molecule has 1 fully saturated rings. The smallest absolute Gasteiger partial charge is 0.128 e. The third-order valence-electron chi connectivity index (χ3n) is 3.42. The van der Waals surface area contributed by atoms with Crippen molar-refractivity contribution in [2.24, 2.45) is 0 Å². The number of nitrogens with zero attached hydrogens (tertiary/aromatic N) is 2. The molecular weight excluding hydrogens is 238 g/mol. The number of rotatable bonds is 6. The molecular formula is C15H25N3O. The van der Waals surface area contributed by atoms with E-state index >= 15 is 0 Å². The first-order valence-electron chi connectivity index (χ1n) is 7.16. The van der Waals surface area contributed by atoms with Gasteiger partial charge in [-0.2, -0.15) is 0 Å². The Bertz CT molecular complexity index is 389. The molecule has 1 N–H and O–H groups in total. The summed E-state index contributed by atoms with van der Waals surface area (Å²) >= 11 is 0. The summed E-state index contributed by atoms with van der Waals surface area (Å²) in [5.74, 6) is 1.03. The molecule has 1 aromatic rings. The summed E-state index contributed by atoms with van der Waals surface area (Å²) in [6.07, 6.45) is 4.60. The summed E-state index contributed by atoms with van der Waals surface area (Å²) < 4.78 is 5.67. The van der Waals surface area contributed by atoms with Crippen LogP contribution in [0.3, 0.4) is 0 Å². The molecule has 1 aromatic heterocycles. The number of aromatic nitrogens is 1. The van der Waals surface area contributed by atoms with Crippen molar-refractivity contribution in [3.05, 3.63) is 23.9 Å². The minimum absolute atomic E-state index is 0.365. The maximum absolute atomic E-state index is 5.67. The summed E-state index contributed by atoms with van der Waals surface area (Å²) in [5.41, 5.74) is 1.28. The molecule has 106 valence electrons. The van der Waals surface area contributed by atoms with E-state index in [2.05, 4.69) is 48.2 Å². The second kappa shape index (κ2) is 6.87. The van der Waals surface area contributed by atoms with E-state index < -0.39 is 0 Å². The third kappa shape index (κ3) is 4.48. The SMILES string of the molecule is CC(C)NCc1ccnc(N(C)CC2CCCO2)c1. The molecule has 2 heterocycles. The van der Waals surface area contributed by atoms with E-state index in [1.807, 2.05) is 6.20 Å². The third-order valence-corrected chi connectivity index (χ3v) is 3.42. The van der Waals surface area contributed by atoms with E-state index in [1.165, 1.54) is 18.4 Å². The van der Waals surface area contributed by atoms with Gasteiger partial charge in [-0.15, -0.1) is 0 Å². The van der Waals surface area contributed by atoms with Crippen LogP contribution in [0.4, 0.5) is 5.82 Å². The number of hydrogen-bond donors (Lipinski definition) is 1. The quantitative estimate of drug-likeness (QED) is 0.854. The summed E-state index contributed by atoms with van der Waals surface area (Å²) in [5, 5.41) is 3.43. The van der Waals surface area contributed by atoms with Gasteiger partial charge in [0, 0.05) is 39.0 Å². The Morgan fingerprint density at radius 2 is 2.37 bits per heavy atom. The molecule has 0 radical (unpaired) electrons. The van der Waals surface area contributed by atoms with Crippen molar-refractivity contribution in [2.45, 2.75) is 45.4 Å². The van der Waals surface area contributed by atoms with Gasteiger partial charge in [0.2, 0.25) is 0 Å². The van der Waals surface area contributed by atoms with Crippen LogP contribution in [0.2, 0.25) is 0 Å². The average Bonchev–Trinajstić information content (AvgIpc) is 2.89. The number of pyridine rings is 1. The van der Waals surface area contributed by atoms with Gasteiger partial charge in [-0.3, -0.25) is 0 Å². The van der Waals surface area contributed by atoms with Crippen LogP contribution in [0.15, 0.2) is 18.3 Å². The van der Waals surface area contributed by atoms with Gasteiger partial charge >= 0.3 is 0 Å². The second-order valence-corrected chi connectivity index (χ2v) is 5.57. The first-order valence-corrected chi connectivity index (χ1v) is 7.16. The Hall–Kier alpha value is -1.13. The number of ether oxygens (including phenoxy) is 1. The molecule has 1 atom stereocenters. The lowest BCUT2D eigenvalue weighted by Crippen LogP contribution is -2.29. The Labute approximate surface area is 116 Å². The molecule has 0 aromatic carbocycles. The fourth-order valence-corrected chi connectivity index (χ4v) is 2.29. The van der Waals surface area contributed by atoms with Crippen molar-refractivity contribution < 1.29 is 4.74 Å². The number of likely N-dealkylation sites (N-methyl/N-ethyl adjacent to an activating group) is 1. The first-order chi connectivity index (χ1) is 9.15. The molecule has 0 aliphatic carbocycles. The minimum Gasteiger partial charge on any atom is -0.376 e. The highest BCUT2D eigenvalue weighted by Gasteiger charge is 2.18. The number of anilines is 1. The van der Waals surface area contributed by atoms with Gasteiger partial charge in [-0.1, -0.05) is 13.8 Å². The van der Waals surface area contributed by atoms with E-state index in [1.54, 1.807) is 0 Å². The molecule has 1 aliphatic rings. The molecule has 4 heteroatoms. The van der Waals surface area contributed by atoms with Gasteiger partial charge in [0.05, 0.1) is 6.10 Å². The Kier molecular flexibility index (Phi) is 5.16. The summed E-state index contributed by atoms with van der Waals surface area (Å²) in [7, 11) is 2.09.